The van der Waals surface area contributed by atoms with Gasteiger partial charge < -0.3 is 15.4 Å². The lowest BCUT2D eigenvalue weighted by atomic mass is 10.1. The minimum Gasteiger partial charge on any atom is -0.497 e. The molecule has 0 aliphatic carbocycles. The monoisotopic (exact) mass is 277 g/mol. The molecule has 0 radical (unpaired) electrons. The van der Waals surface area contributed by atoms with Gasteiger partial charge in [-0.25, -0.2) is 0 Å². The van der Waals surface area contributed by atoms with Crippen LogP contribution in [0, 0.1) is 0 Å². The van der Waals surface area contributed by atoms with Crippen LogP contribution >= 0.6 is 0 Å². The van der Waals surface area contributed by atoms with Gasteiger partial charge in [-0.2, -0.15) is 0 Å². The Hall–Kier alpha value is -1.71. The summed E-state index contributed by atoms with van der Waals surface area (Å²) in [7, 11) is 1.70. The van der Waals surface area contributed by atoms with Crippen LogP contribution in [0.3, 0.4) is 0 Å². The van der Waals surface area contributed by atoms with Crippen molar-refractivity contribution in [1.82, 2.24) is 10.6 Å². The van der Waals surface area contributed by atoms with Crippen LogP contribution in [0.4, 0.5) is 0 Å². The molecule has 0 saturated carbocycles. The fraction of sp³-hybridized carbons (Fsp3) is 0.562. The Bertz CT molecular complexity index is 404. The zero-order valence-corrected chi connectivity index (χ0v) is 12.9. The van der Waals surface area contributed by atoms with E-state index in [1.165, 1.54) is 12.0 Å². The third-order valence-electron chi connectivity index (χ3n) is 2.97. The molecule has 0 amide bonds. The van der Waals surface area contributed by atoms with Gasteiger partial charge in [0.05, 0.1) is 7.11 Å². The molecular formula is C16H27N3O. The number of aliphatic imine (C=N–C) groups is 1. The smallest absolute Gasteiger partial charge is 0.191 e. The summed E-state index contributed by atoms with van der Waals surface area (Å²) in [6.45, 7) is 6.89. The number of nitrogens with zero attached hydrogens (tertiary/aromatic N) is 1. The first kappa shape index (κ1) is 16.3. The Morgan fingerprint density at radius 3 is 2.80 bits per heavy atom. The first-order valence-electron chi connectivity index (χ1n) is 7.45. The summed E-state index contributed by atoms with van der Waals surface area (Å²) in [5, 5.41) is 6.63. The van der Waals surface area contributed by atoms with E-state index in [9.17, 15) is 0 Å². The van der Waals surface area contributed by atoms with Gasteiger partial charge in [0.1, 0.15) is 5.75 Å². The number of methoxy groups -OCH3 is 1. The fourth-order valence-corrected chi connectivity index (χ4v) is 1.84. The van der Waals surface area contributed by atoms with Crippen molar-refractivity contribution in [2.45, 2.75) is 33.1 Å². The molecular weight excluding hydrogens is 250 g/mol. The topological polar surface area (TPSA) is 45.7 Å². The molecule has 0 unspecified atom stereocenters. The summed E-state index contributed by atoms with van der Waals surface area (Å²) >= 11 is 0. The average molecular weight is 277 g/mol. The second-order valence-corrected chi connectivity index (χ2v) is 4.64. The average Bonchev–Trinajstić information content (AvgIpc) is 2.48. The van der Waals surface area contributed by atoms with Crippen molar-refractivity contribution < 1.29 is 4.74 Å². The van der Waals surface area contributed by atoms with Crippen LogP contribution in [0.25, 0.3) is 0 Å². The maximum absolute atomic E-state index is 5.23. The number of hydrogen-bond donors (Lipinski definition) is 2. The molecule has 1 aromatic rings. The normalized spacial score (nSPS) is 11.2. The second kappa shape index (κ2) is 10.1. The highest BCUT2D eigenvalue weighted by atomic mass is 16.5. The third-order valence-corrected chi connectivity index (χ3v) is 2.97. The van der Waals surface area contributed by atoms with Crippen LogP contribution in [-0.4, -0.2) is 32.7 Å². The number of ether oxygens (including phenoxy) is 1. The number of hydrogen-bond acceptors (Lipinski definition) is 2. The number of guanidine groups is 1. The zero-order valence-electron chi connectivity index (χ0n) is 12.9. The van der Waals surface area contributed by atoms with E-state index in [-0.39, 0.29) is 0 Å². The fourth-order valence-electron chi connectivity index (χ4n) is 1.84. The summed E-state index contributed by atoms with van der Waals surface area (Å²) in [5.74, 6) is 1.81. The molecule has 2 N–H and O–H groups in total. The van der Waals surface area contributed by atoms with Gasteiger partial charge in [-0.15, -0.1) is 0 Å². The van der Waals surface area contributed by atoms with Crippen molar-refractivity contribution in [3.05, 3.63) is 29.8 Å². The highest BCUT2D eigenvalue weighted by Gasteiger charge is 1.99. The van der Waals surface area contributed by atoms with Crippen LogP contribution in [0.2, 0.25) is 0 Å². The molecule has 1 aromatic carbocycles. The van der Waals surface area contributed by atoms with Gasteiger partial charge in [0, 0.05) is 19.6 Å². The minimum absolute atomic E-state index is 0.866. The van der Waals surface area contributed by atoms with Gasteiger partial charge in [0.25, 0.3) is 0 Å². The predicted molar refractivity (Wildman–Crippen MR) is 85.6 cm³/mol. The molecule has 0 aliphatic heterocycles. The van der Waals surface area contributed by atoms with Crippen molar-refractivity contribution >= 4 is 5.96 Å². The summed E-state index contributed by atoms with van der Waals surface area (Å²) in [6.07, 6.45) is 3.26. The number of nitrogens with one attached hydrogen (secondary N) is 2. The molecule has 0 aromatic heterocycles. The number of rotatable bonds is 8. The Labute approximate surface area is 122 Å². The summed E-state index contributed by atoms with van der Waals surface area (Å²) in [6, 6.07) is 8.18. The van der Waals surface area contributed by atoms with E-state index >= 15 is 0 Å². The first-order chi connectivity index (χ1) is 9.80. The molecule has 4 heteroatoms. The Morgan fingerprint density at radius 2 is 2.10 bits per heavy atom. The molecule has 0 heterocycles. The van der Waals surface area contributed by atoms with Crippen LogP contribution in [-0.2, 0) is 6.42 Å². The predicted octanol–water partition coefficient (Wildman–Crippen LogP) is 2.59. The Balaban J connectivity index is 2.40. The highest BCUT2D eigenvalue weighted by Crippen LogP contribution is 2.12. The molecule has 0 atom stereocenters. The molecule has 0 bridgehead atoms. The maximum atomic E-state index is 5.23. The van der Waals surface area contributed by atoms with E-state index in [4.69, 9.17) is 4.74 Å². The Kier molecular flexibility index (Phi) is 8.27. The molecule has 20 heavy (non-hydrogen) atoms. The van der Waals surface area contributed by atoms with E-state index in [1.54, 1.807) is 7.11 Å². The van der Waals surface area contributed by atoms with Crippen LogP contribution in [0.15, 0.2) is 29.3 Å². The van der Waals surface area contributed by atoms with Crippen molar-refractivity contribution in [3.63, 3.8) is 0 Å². The lowest BCUT2D eigenvalue weighted by Gasteiger charge is -2.11. The van der Waals surface area contributed by atoms with Gasteiger partial charge in [-0.1, -0.05) is 25.5 Å². The second-order valence-electron chi connectivity index (χ2n) is 4.64. The van der Waals surface area contributed by atoms with Crippen LogP contribution in [0.5, 0.6) is 5.75 Å². The highest BCUT2D eigenvalue weighted by molar-refractivity contribution is 5.79. The first-order valence-corrected chi connectivity index (χ1v) is 7.45. The van der Waals surface area contributed by atoms with E-state index in [0.717, 1.165) is 44.2 Å². The molecule has 4 nitrogen and oxygen atoms in total. The zero-order chi connectivity index (χ0) is 14.6. The van der Waals surface area contributed by atoms with Gasteiger partial charge in [-0.05, 0) is 37.5 Å². The largest absolute Gasteiger partial charge is 0.497 e. The van der Waals surface area contributed by atoms with Gasteiger partial charge in [0.2, 0.25) is 0 Å². The minimum atomic E-state index is 0.866. The lowest BCUT2D eigenvalue weighted by molar-refractivity contribution is 0.414. The van der Waals surface area contributed by atoms with Gasteiger partial charge >= 0.3 is 0 Å². The summed E-state index contributed by atoms with van der Waals surface area (Å²) in [4.78, 5) is 4.54. The van der Waals surface area contributed by atoms with Gasteiger partial charge in [-0.3, -0.25) is 4.99 Å². The molecule has 112 valence electrons. The molecule has 0 saturated heterocycles. The molecule has 0 spiro atoms. The Morgan fingerprint density at radius 1 is 1.25 bits per heavy atom. The lowest BCUT2D eigenvalue weighted by Crippen LogP contribution is -2.38. The van der Waals surface area contributed by atoms with Crippen molar-refractivity contribution in [2.24, 2.45) is 4.99 Å². The van der Waals surface area contributed by atoms with Crippen LogP contribution in [0.1, 0.15) is 32.3 Å². The van der Waals surface area contributed by atoms with Crippen LogP contribution < -0.4 is 15.4 Å². The van der Waals surface area contributed by atoms with Crippen molar-refractivity contribution in [2.75, 3.05) is 26.7 Å². The van der Waals surface area contributed by atoms with E-state index in [2.05, 4.69) is 41.6 Å². The SMILES string of the molecule is CCCCN=C(NCC)NCCc1cccc(OC)c1. The molecule has 1 rings (SSSR count). The third kappa shape index (κ3) is 6.45. The van der Waals surface area contributed by atoms with E-state index in [0.29, 0.717) is 0 Å². The van der Waals surface area contributed by atoms with Crippen molar-refractivity contribution in [3.8, 4) is 5.75 Å². The maximum Gasteiger partial charge on any atom is 0.191 e. The quantitative estimate of drug-likeness (QED) is 0.436. The molecule has 0 fully saturated rings. The van der Waals surface area contributed by atoms with Crippen molar-refractivity contribution in [1.29, 1.82) is 0 Å². The standard InChI is InChI=1S/C16H27N3O/c1-4-6-11-18-16(17-5-2)19-12-10-14-8-7-9-15(13-14)20-3/h7-9,13H,4-6,10-12H2,1-3H3,(H2,17,18,19). The number of benzene rings is 1. The number of unbranched alkanes of at least 4 members (excludes halogenated alkanes) is 1. The summed E-state index contributed by atoms with van der Waals surface area (Å²) < 4.78 is 5.23. The van der Waals surface area contributed by atoms with Gasteiger partial charge in [0.15, 0.2) is 5.96 Å². The molecule has 0 aliphatic rings. The van der Waals surface area contributed by atoms with E-state index in [1.807, 2.05) is 12.1 Å². The summed E-state index contributed by atoms with van der Waals surface area (Å²) in [5.41, 5.74) is 1.27. The van der Waals surface area contributed by atoms with E-state index < -0.39 is 0 Å².